The summed E-state index contributed by atoms with van der Waals surface area (Å²) in [7, 11) is 0. The molecule has 0 saturated heterocycles. The van der Waals surface area contributed by atoms with Gasteiger partial charge in [-0.1, -0.05) is 34.6 Å². The molecule has 0 aliphatic carbocycles. The molecule has 8 heteroatoms. The van der Waals surface area contributed by atoms with Crippen molar-refractivity contribution in [1.29, 1.82) is 0 Å². The number of benzene rings is 3. The highest BCUT2D eigenvalue weighted by atomic mass is 32.1. The highest BCUT2D eigenvalue weighted by Crippen LogP contribution is 2.31. The zero-order valence-electron chi connectivity index (χ0n) is 17.1. The van der Waals surface area contributed by atoms with Gasteiger partial charge in [0.05, 0.1) is 10.2 Å². The second-order valence-corrected chi connectivity index (χ2v) is 8.16. The fourth-order valence-electron chi connectivity index (χ4n) is 3.16. The fraction of sp³-hybridized carbons (Fsp3) is 0.0833. The number of fused-ring (bicyclic) bond motifs is 1. The van der Waals surface area contributed by atoms with Crippen LogP contribution in [0.4, 0.5) is 5.69 Å². The second-order valence-electron chi connectivity index (χ2n) is 7.13. The molecule has 0 aliphatic heterocycles. The molecular weight excluding hydrogens is 424 g/mol. The van der Waals surface area contributed by atoms with Crippen molar-refractivity contribution >= 4 is 33.1 Å². The molecule has 0 fully saturated rings. The van der Waals surface area contributed by atoms with Crippen LogP contribution in [0.2, 0.25) is 0 Å². The molecular formula is C24H18N4O3S. The molecule has 1 N–H and O–H groups in total. The smallest absolute Gasteiger partial charge is 0.255 e. The number of ether oxygens (including phenoxy) is 1. The lowest BCUT2D eigenvalue weighted by atomic mass is 10.1. The molecule has 3 aromatic carbocycles. The van der Waals surface area contributed by atoms with Crippen LogP contribution in [0.5, 0.6) is 5.75 Å². The van der Waals surface area contributed by atoms with Crippen molar-refractivity contribution < 1.29 is 14.2 Å². The number of carbonyl (C=O) groups is 1. The van der Waals surface area contributed by atoms with Crippen molar-refractivity contribution in [3.05, 3.63) is 89.7 Å². The summed E-state index contributed by atoms with van der Waals surface area (Å²) in [6.07, 6.45) is 0. The van der Waals surface area contributed by atoms with Crippen LogP contribution in [-0.2, 0) is 6.61 Å². The molecule has 2 heterocycles. The molecule has 158 valence electrons. The summed E-state index contributed by atoms with van der Waals surface area (Å²) in [5.41, 5.74) is 4.50. The molecule has 0 atom stereocenters. The first-order valence-corrected chi connectivity index (χ1v) is 10.8. The molecule has 1 amide bonds. The van der Waals surface area contributed by atoms with Gasteiger partial charge in [0.25, 0.3) is 5.91 Å². The Morgan fingerprint density at radius 3 is 2.66 bits per heavy atom. The average molecular weight is 443 g/mol. The Labute approximate surface area is 187 Å². The summed E-state index contributed by atoms with van der Waals surface area (Å²) >= 11 is 1.63. The van der Waals surface area contributed by atoms with Crippen LogP contribution in [0.15, 0.2) is 77.4 Å². The van der Waals surface area contributed by atoms with E-state index < -0.39 is 0 Å². The predicted octanol–water partition coefficient (Wildman–Crippen LogP) is 5.49. The molecule has 5 aromatic rings. The van der Waals surface area contributed by atoms with E-state index in [-0.39, 0.29) is 12.5 Å². The third-order valence-electron chi connectivity index (χ3n) is 4.90. The summed E-state index contributed by atoms with van der Waals surface area (Å²) in [6.45, 7) is 2.05. The Morgan fingerprint density at radius 2 is 1.88 bits per heavy atom. The van der Waals surface area contributed by atoms with E-state index in [0.29, 0.717) is 28.4 Å². The second kappa shape index (κ2) is 8.60. The largest absolute Gasteiger partial charge is 0.487 e. The summed E-state index contributed by atoms with van der Waals surface area (Å²) in [6, 6.07) is 22.7. The van der Waals surface area contributed by atoms with Crippen molar-refractivity contribution in [3.63, 3.8) is 0 Å². The summed E-state index contributed by atoms with van der Waals surface area (Å²) in [4.78, 5) is 17.4. The highest BCUT2D eigenvalue weighted by Gasteiger charge is 2.10. The standard InChI is InChI=1S/C24H18N4O3S/c1-15-21(28-31-27-15)14-30-19-11-9-16(10-12-19)23(29)25-18-6-4-5-17(13-18)24-26-20-7-2-3-8-22(20)32-24/h2-13H,14H2,1H3,(H,25,29). The lowest BCUT2D eigenvalue weighted by molar-refractivity contribution is 0.102. The number of hydrogen-bond donors (Lipinski definition) is 1. The van der Waals surface area contributed by atoms with Crippen LogP contribution < -0.4 is 10.1 Å². The van der Waals surface area contributed by atoms with Gasteiger partial charge in [-0.25, -0.2) is 9.61 Å². The van der Waals surface area contributed by atoms with E-state index in [1.807, 2.05) is 42.5 Å². The Kier molecular flexibility index (Phi) is 5.35. The average Bonchev–Trinajstić information content (AvgIpc) is 3.44. The predicted molar refractivity (Wildman–Crippen MR) is 123 cm³/mol. The monoisotopic (exact) mass is 442 g/mol. The number of thiazole rings is 1. The number of carbonyl (C=O) groups excluding carboxylic acids is 1. The minimum atomic E-state index is -0.199. The number of aromatic nitrogens is 3. The van der Waals surface area contributed by atoms with Gasteiger partial charge >= 0.3 is 0 Å². The Morgan fingerprint density at radius 1 is 1.03 bits per heavy atom. The van der Waals surface area contributed by atoms with E-state index in [1.165, 1.54) is 0 Å². The number of rotatable bonds is 6. The zero-order valence-corrected chi connectivity index (χ0v) is 17.9. The zero-order chi connectivity index (χ0) is 21.9. The quantitative estimate of drug-likeness (QED) is 0.374. The maximum absolute atomic E-state index is 12.7. The maximum atomic E-state index is 12.7. The molecule has 7 nitrogen and oxygen atoms in total. The normalized spacial score (nSPS) is 10.9. The van der Waals surface area contributed by atoms with Crippen molar-refractivity contribution in [2.24, 2.45) is 0 Å². The van der Waals surface area contributed by atoms with Gasteiger partial charge in [0.15, 0.2) is 0 Å². The van der Waals surface area contributed by atoms with Gasteiger partial charge in [-0.2, -0.15) is 0 Å². The number of nitrogens with one attached hydrogen (secondary N) is 1. The minimum Gasteiger partial charge on any atom is -0.487 e. The Balaban J connectivity index is 1.26. The number of aryl methyl sites for hydroxylation is 1. The van der Waals surface area contributed by atoms with Gasteiger partial charge in [-0.3, -0.25) is 4.79 Å². The van der Waals surface area contributed by atoms with Crippen LogP contribution in [-0.4, -0.2) is 21.2 Å². The van der Waals surface area contributed by atoms with Gasteiger partial charge in [0.2, 0.25) is 0 Å². The minimum absolute atomic E-state index is 0.199. The van der Waals surface area contributed by atoms with Gasteiger partial charge in [-0.05, 0) is 55.5 Å². The highest BCUT2D eigenvalue weighted by molar-refractivity contribution is 7.21. The summed E-state index contributed by atoms with van der Waals surface area (Å²) in [5.74, 6) is 0.427. The third kappa shape index (κ3) is 4.21. The number of nitrogens with zero attached hydrogens (tertiary/aromatic N) is 3. The lowest BCUT2D eigenvalue weighted by Gasteiger charge is -2.08. The number of amides is 1. The number of para-hydroxylation sites is 1. The first kappa shape index (κ1) is 19.9. The van der Waals surface area contributed by atoms with Gasteiger partial charge < -0.3 is 10.1 Å². The van der Waals surface area contributed by atoms with Crippen molar-refractivity contribution in [1.82, 2.24) is 15.3 Å². The molecule has 5 rings (SSSR count). The molecule has 0 unspecified atom stereocenters. The topological polar surface area (TPSA) is 90.1 Å². The molecule has 0 radical (unpaired) electrons. The van der Waals surface area contributed by atoms with Crippen molar-refractivity contribution in [2.75, 3.05) is 5.32 Å². The van der Waals surface area contributed by atoms with E-state index in [0.717, 1.165) is 20.8 Å². The molecule has 0 spiro atoms. The van der Waals surface area contributed by atoms with Crippen LogP contribution in [0, 0.1) is 6.92 Å². The number of anilines is 1. The summed E-state index contributed by atoms with van der Waals surface area (Å²) < 4.78 is 11.5. The summed E-state index contributed by atoms with van der Waals surface area (Å²) in [5, 5.41) is 11.4. The SMILES string of the molecule is Cc1nonc1COc1ccc(C(=O)Nc2cccc(-c3nc4ccccc4s3)c2)cc1. The van der Waals surface area contributed by atoms with Gasteiger partial charge in [-0.15, -0.1) is 11.3 Å². The van der Waals surface area contributed by atoms with E-state index in [1.54, 1.807) is 42.5 Å². The number of hydrogen-bond acceptors (Lipinski definition) is 7. The van der Waals surface area contributed by atoms with E-state index >= 15 is 0 Å². The third-order valence-corrected chi connectivity index (χ3v) is 5.99. The molecule has 0 aliphatic rings. The first-order chi connectivity index (χ1) is 15.7. The van der Waals surface area contributed by atoms with Crippen LogP contribution in [0.1, 0.15) is 21.7 Å². The van der Waals surface area contributed by atoms with Crippen LogP contribution in [0.25, 0.3) is 20.8 Å². The van der Waals surface area contributed by atoms with E-state index in [9.17, 15) is 4.79 Å². The molecule has 32 heavy (non-hydrogen) atoms. The van der Waals surface area contributed by atoms with E-state index in [4.69, 9.17) is 9.72 Å². The van der Waals surface area contributed by atoms with Crippen molar-refractivity contribution in [2.45, 2.75) is 13.5 Å². The lowest BCUT2D eigenvalue weighted by Crippen LogP contribution is -2.11. The van der Waals surface area contributed by atoms with Gasteiger partial charge in [0, 0.05) is 16.8 Å². The molecule has 0 bridgehead atoms. The molecule has 2 aromatic heterocycles. The van der Waals surface area contributed by atoms with Crippen molar-refractivity contribution in [3.8, 4) is 16.3 Å². The van der Waals surface area contributed by atoms with Crippen LogP contribution in [0.3, 0.4) is 0 Å². The maximum Gasteiger partial charge on any atom is 0.255 e. The van der Waals surface area contributed by atoms with Gasteiger partial charge in [0.1, 0.15) is 28.8 Å². The Hall–Kier alpha value is -4.04. The first-order valence-electron chi connectivity index (χ1n) is 9.94. The van der Waals surface area contributed by atoms with Crippen LogP contribution >= 0.6 is 11.3 Å². The molecule has 0 saturated carbocycles. The van der Waals surface area contributed by atoms with E-state index in [2.05, 4.69) is 26.3 Å². The Bertz CT molecular complexity index is 1360. The fourth-order valence-corrected chi connectivity index (χ4v) is 4.13.